The standard InChI is InChI=1S/C16H11BrClN/c17-14-7-4-8-15-13(14)10-12(16(18)19-15)9-11-5-2-1-3-6-11/h1-8,10H,9H2. The van der Waals surface area contributed by atoms with E-state index >= 15 is 0 Å². The Morgan fingerprint density at radius 3 is 2.58 bits per heavy atom. The molecule has 0 saturated heterocycles. The molecule has 1 heterocycles. The minimum absolute atomic E-state index is 0.578. The van der Waals surface area contributed by atoms with Crippen LogP contribution in [0.2, 0.25) is 5.15 Å². The van der Waals surface area contributed by atoms with Gasteiger partial charge in [0.25, 0.3) is 0 Å². The lowest BCUT2D eigenvalue weighted by atomic mass is 10.0. The van der Waals surface area contributed by atoms with Crippen LogP contribution in [0.1, 0.15) is 11.1 Å². The van der Waals surface area contributed by atoms with Gasteiger partial charge in [-0.2, -0.15) is 0 Å². The number of hydrogen-bond acceptors (Lipinski definition) is 1. The van der Waals surface area contributed by atoms with Crippen LogP contribution in [0.3, 0.4) is 0 Å². The molecule has 1 nitrogen and oxygen atoms in total. The molecule has 0 saturated carbocycles. The van der Waals surface area contributed by atoms with E-state index in [0.717, 1.165) is 27.4 Å². The second-order valence-electron chi connectivity index (χ2n) is 4.41. The van der Waals surface area contributed by atoms with Crippen LogP contribution in [-0.2, 0) is 6.42 Å². The zero-order chi connectivity index (χ0) is 13.2. The zero-order valence-corrected chi connectivity index (χ0v) is 12.4. The summed E-state index contributed by atoms with van der Waals surface area (Å²) in [5.41, 5.74) is 3.20. The second-order valence-corrected chi connectivity index (χ2v) is 5.62. The van der Waals surface area contributed by atoms with Gasteiger partial charge in [0.15, 0.2) is 0 Å². The molecule has 0 bridgehead atoms. The molecule has 94 valence electrons. The number of fused-ring (bicyclic) bond motifs is 1. The molecule has 0 atom stereocenters. The lowest BCUT2D eigenvalue weighted by Gasteiger charge is -2.07. The van der Waals surface area contributed by atoms with E-state index in [4.69, 9.17) is 11.6 Å². The molecule has 1 aromatic heterocycles. The lowest BCUT2D eigenvalue weighted by molar-refractivity contribution is 1.17. The summed E-state index contributed by atoms with van der Waals surface area (Å²) in [6.07, 6.45) is 0.796. The van der Waals surface area contributed by atoms with Gasteiger partial charge in [-0.05, 0) is 29.3 Å². The smallest absolute Gasteiger partial charge is 0.133 e. The van der Waals surface area contributed by atoms with Crippen molar-refractivity contribution in [1.29, 1.82) is 0 Å². The summed E-state index contributed by atoms with van der Waals surface area (Å²) >= 11 is 9.84. The van der Waals surface area contributed by atoms with Gasteiger partial charge in [-0.25, -0.2) is 4.98 Å². The third kappa shape index (κ3) is 2.65. The van der Waals surface area contributed by atoms with Crippen LogP contribution in [0, 0.1) is 0 Å². The third-order valence-electron chi connectivity index (χ3n) is 3.07. The van der Waals surface area contributed by atoms with Crippen molar-refractivity contribution in [1.82, 2.24) is 4.98 Å². The molecule has 3 heteroatoms. The van der Waals surface area contributed by atoms with Gasteiger partial charge in [0.1, 0.15) is 5.15 Å². The van der Waals surface area contributed by atoms with Crippen molar-refractivity contribution in [3.63, 3.8) is 0 Å². The first-order chi connectivity index (χ1) is 9.24. The molecule has 0 amide bonds. The van der Waals surface area contributed by atoms with Gasteiger partial charge in [-0.15, -0.1) is 0 Å². The van der Waals surface area contributed by atoms with Crippen LogP contribution in [0.5, 0.6) is 0 Å². The average Bonchev–Trinajstić information content (AvgIpc) is 2.42. The van der Waals surface area contributed by atoms with E-state index < -0.39 is 0 Å². The first kappa shape index (κ1) is 12.6. The van der Waals surface area contributed by atoms with E-state index in [9.17, 15) is 0 Å². The van der Waals surface area contributed by atoms with E-state index in [2.05, 4.69) is 39.1 Å². The van der Waals surface area contributed by atoms with Gasteiger partial charge >= 0.3 is 0 Å². The van der Waals surface area contributed by atoms with Crippen molar-refractivity contribution < 1.29 is 0 Å². The van der Waals surface area contributed by atoms with Gasteiger partial charge in [-0.3, -0.25) is 0 Å². The summed E-state index contributed by atoms with van der Waals surface area (Å²) in [7, 11) is 0. The van der Waals surface area contributed by atoms with Crippen LogP contribution in [0.4, 0.5) is 0 Å². The number of benzene rings is 2. The van der Waals surface area contributed by atoms with Crippen molar-refractivity contribution in [3.05, 3.63) is 75.4 Å². The van der Waals surface area contributed by atoms with E-state index in [-0.39, 0.29) is 0 Å². The normalized spacial score (nSPS) is 10.8. The van der Waals surface area contributed by atoms with Crippen molar-refractivity contribution in [2.45, 2.75) is 6.42 Å². The van der Waals surface area contributed by atoms with Gasteiger partial charge in [0, 0.05) is 16.3 Å². The van der Waals surface area contributed by atoms with Crippen LogP contribution in [-0.4, -0.2) is 4.98 Å². The highest BCUT2D eigenvalue weighted by Gasteiger charge is 2.07. The Morgan fingerprint density at radius 1 is 1.00 bits per heavy atom. The highest BCUT2D eigenvalue weighted by Crippen LogP contribution is 2.27. The van der Waals surface area contributed by atoms with E-state index in [1.54, 1.807) is 0 Å². The number of pyridine rings is 1. The first-order valence-corrected chi connectivity index (χ1v) is 7.19. The highest BCUT2D eigenvalue weighted by atomic mass is 79.9. The Balaban J connectivity index is 2.09. The number of rotatable bonds is 2. The summed E-state index contributed by atoms with van der Waals surface area (Å²) in [5.74, 6) is 0. The molecule has 19 heavy (non-hydrogen) atoms. The molecule has 0 aliphatic rings. The SMILES string of the molecule is Clc1nc2cccc(Br)c2cc1Cc1ccccc1. The molecule has 3 rings (SSSR count). The molecular weight excluding hydrogens is 322 g/mol. The lowest BCUT2D eigenvalue weighted by Crippen LogP contribution is -1.93. The second kappa shape index (κ2) is 5.32. The highest BCUT2D eigenvalue weighted by molar-refractivity contribution is 9.10. The average molecular weight is 333 g/mol. The Hall–Kier alpha value is -1.38. The molecule has 0 fully saturated rings. The Morgan fingerprint density at radius 2 is 1.79 bits per heavy atom. The third-order valence-corrected chi connectivity index (χ3v) is 4.09. The Kier molecular flexibility index (Phi) is 3.54. The van der Waals surface area contributed by atoms with Crippen molar-refractivity contribution in [2.24, 2.45) is 0 Å². The van der Waals surface area contributed by atoms with Crippen molar-refractivity contribution in [3.8, 4) is 0 Å². The number of hydrogen-bond donors (Lipinski definition) is 0. The molecule has 2 aromatic carbocycles. The first-order valence-electron chi connectivity index (χ1n) is 6.01. The summed E-state index contributed by atoms with van der Waals surface area (Å²) in [4.78, 5) is 4.47. The predicted molar refractivity (Wildman–Crippen MR) is 83.7 cm³/mol. The Labute approximate surface area is 125 Å². The van der Waals surface area contributed by atoms with E-state index in [1.165, 1.54) is 5.56 Å². The number of aromatic nitrogens is 1. The minimum Gasteiger partial charge on any atom is -0.236 e. The fourth-order valence-corrected chi connectivity index (χ4v) is 2.80. The maximum atomic E-state index is 6.28. The zero-order valence-electron chi connectivity index (χ0n) is 10.1. The van der Waals surface area contributed by atoms with Gasteiger partial charge < -0.3 is 0 Å². The molecular formula is C16H11BrClN. The molecule has 0 spiro atoms. The summed E-state index contributed by atoms with van der Waals surface area (Å²) < 4.78 is 1.04. The maximum absolute atomic E-state index is 6.28. The summed E-state index contributed by atoms with van der Waals surface area (Å²) in [6.45, 7) is 0. The molecule has 0 aliphatic heterocycles. The van der Waals surface area contributed by atoms with Gasteiger partial charge in [-0.1, -0.05) is 63.9 Å². The Bertz CT molecular complexity index is 725. The fraction of sp³-hybridized carbons (Fsp3) is 0.0625. The van der Waals surface area contributed by atoms with Crippen LogP contribution >= 0.6 is 27.5 Å². The molecule has 0 aliphatic carbocycles. The molecule has 0 radical (unpaired) electrons. The van der Waals surface area contributed by atoms with E-state index in [0.29, 0.717) is 5.15 Å². The van der Waals surface area contributed by atoms with Gasteiger partial charge in [0.05, 0.1) is 5.52 Å². The molecule has 3 aromatic rings. The van der Waals surface area contributed by atoms with Crippen LogP contribution in [0.25, 0.3) is 10.9 Å². The van der Waals surface area contributed by atoms with Crippen LogP contribution < -0.4 is 0 Å². The van der Waals surface area contributed by atoms with Crippen LogP contribution in [0.15, 0.2) is 59.1 Å². The minimum atomic E-state index is 0.578. The molecule has 0 N–H and O–H groups in total. The molecule has 0 unspecified atom stereocenters. The fourth-order valence-electron chi connectivity index (χ4n) is 2.12. The monoisotopic (exact) mass is 331 g/mol. The van der Waals surface area contributed by atoms with Crippen molar-refractivity contribution >= 4 is 38.4 Å². The summed E-state index contributed by atoms with van der Waals surface area (Å²) in [5, 5.41) is 1.67. The number of halogens is 2. The quantitative estimate of drug-likeness (QED) is 0.585. The predicted octanol–water partition coefficient (Wildman–Crippen LogP) is 5.24. The maximum Gasteiger partial charge on any atom is 0.133 e. The van der Waals surface area contributed by atoms with E-state index in [1.807, 2.05) is 36.4 Å². The largest absolute Gasteiger partial charge is 0.236 e. The van der Waals surface area contributed by atoms with Gasteiger partial charge in [0.2, 0.25) is 0 Å². The van der Waals surface area contributed by atoms with Crippen molar-refractivity contribution in [2.75, 3.05) is 0 Å². The topological polar surface area (TPSA) is 12.9 Å². The summed E-state index contributed by atoms with van der Waals surface area (Å²) in [6, 6.07) is 18.3. The number of nitrogens with zero attached hydrogens (tertiary/aromatic N) is 1.